The van der Waals surface area contributed by atoms with Crippen LogP contribution in [-0.4, -0.2) is 0 Å². The van der Waals surface area contributed by atoms with E-state index in [1.165, 1.54) is 126 Å². The van der Waals surface area contributed by atoms with Crippen LogP contribution in [0, 0.1) is 0 Å². The molecular formula is C73H45N. The predicted molar refractivity (Wildman–Crippen MR) is 313 cm³/mol. The Morgan fingerprint density at radius 2 is 0.649 bits per heavy atom. The van der Waals surface area contributed by atoms with Gasteiger partial charge < -0.3 is 4.90 Å². The average molecular weight is 936 g/mol. The van der Waals surface area contributed by atoms with Gasteiger partial charge in [-0.15, -0.1) is 0 Å². The molecule has 0 radical (unpaired) electrons. The van der Waals surface area contributed by atoms with Crippen LogP contribution in [0.3, 0.4) is 0 Å². The fourth-order valence-corrected chi connectivity index (χ4v) is 13.3. The van der Waals surface area contributed by atoms with Crippen molar-refractivity contribution in [3.63, 3.8) is 0 Å². The number of hydrogen-bond acceptors (Lipinski definition) is 1. The van der Waals surface area contributed by atoms with Crippen molar-refractivity contribution in [3.05, 3.63) is 295 Å². The maximum atomic E-state index is 2.58. The van der Waals surface area contributed by atoms with Crippen LogP contribution in [0.2, 0.25) is 0 Å². The number of anilines is 3. The van der Waals surface area contributed by atoms with Gasteiger partial charge in [0.15, 0.2) is 0 Å². The highest BCUT2D eigenvalue weighted by atomic mass is 15.1. The largest absolute Gasteiger partial charge is 0.310 e. The Balaban J connectivity index is 1.02. The van der Waals surface area contributed by atoms with Crippen molar-refractivity contribution >= 4 is 81.7 Å². The third kappa shape index (κ3) is 5.81. The molecule has 0 unspecified atom stereocenters. The van der Waals surface area contributed by atoms with Gasteiger partial charge in [0.2, 0.25) is 0 Å². The van der Waals surface area contributed by atoms with E-state index in [2.05, 4.69) is 278 Å². The lowest BCUT2D eigenvalue weighted by atomic mass is 9.70. The maximum Gasteiger partial charge on any atom is 0.0726 e. The summed E-state index contributed by atoms with van der Waals surface area (Å²) in [7, 11) is 0. The van der Waals surface area contributed by atoms with Gasteiger partial charge in [-0.05, 0) is 168 Å². The summed E-state index contributed by atoms with van der Waals surface area (Å²) in [6.07, 6.45) is 0. The molecule has 14 aromatic carbocycles. The van der Waals surface area contributed by atoms with Gasteiger partial charge in [0, 0.05) is 16.9 Å². The zero-order valence-electron chi connectivity index (χ0n) is 40.4. The standard InChI is InChI=1S/C73H45N/c1-2-17-51-41-52(36-31-46(51)15-1)47-29-32-50(33-30-47)65-44-67-63-25-11-14-28-70(63)73(68-26-12-9-23-61(68)62-24-10-13-27-69(62)73)71(67)45-72(65)74(53-38-37-49-35-34-48-16-3-4-18-55(48)64(49)42-53)54-39-40-60-58-21-6-5-19-56(58)57-20-7-8-22-59(57)66(60)43-54/h1-45H. The van der Waals surface area contributed by atoms with Crippen LogP contribution in [-0.2, 0) is 5.41 Å². The minimum atomic E-state index is -0.532. The van der Waals surface area contributed by atoms with Gasteiger partial charge >= 0.3 is 0 Å². The molecule has 0 aromatic heterocycles. The van der Waals surface area contributed by atoms with E-state index in [1.54, 1.807) is 0 Å². The summed E-state index contributed by atoms with van der Waals surface area (Å²) in [5.41, 5.74) is 18.0. The molecule has 16 rings (SSSR count). The molecule has 0 saturated carbocycles. The Hall–Kier alpha value is -9.56. The normalized spacial score (nSPS) is 13.0. The van der Waals surface area contributed by atoms with Crippen molar-refractivity contribution in [2.75, 3.05) is 4.90 Å². The lowest BCUT2D eigenvalue weighted by Crippen LogP contribution is -2.26. The SMILES string of the molecule is c1ccc2c(c1)-c1ccccc1C21c2ccccc2-c2cc(-c3ccc(-c4ccc5ccccc5c4)cc3)c(N(c3ccc4ccc5ccccc5c4c3)c3ccc4c5ccccc5c5ccccc5c4c3)cc21. The first-order valence-corrected chi connectivity index (χ1v) is 25.8. The first-order valence-electron chi connectivity index (χ1n) is 25.8. The van der Waals surface area contributed by atoms with Crippen LogP contribution in [0.4, 0.5) is 17.1 Å². The molecule has 14 aromatic rings. The van der Waals surface area contributed by atoms with Crippen LogP contribution < -0.4 is 4.90 Å². The molecule has 2 aliphatic carbocycles. The van der Waals surface area contributed by atoms with Gasteiger partial charge in [0.1, 0.15) is 0 Å². The molecule has 342 valence electrons. The van der Waals surface area contributed by atoms with E-state index in [-0.39, 0.29) is 0 Å². The average Bonchev–Trinajstić information content (AvgIpc) is 3.94. The van der Waals surface area contributed by atoms with Gasteiger partial charge in [-0.1, -0.05) is 231 Å². The molecule has 1 spiro atoms. The van der Waals surface area contributed by atoms with E-state index in [9.17, 15) is 0 Å². The number of nitrogens with zero attached hydrogens (tertiary/aromatic N) is 1. The molecule has 0 N–H and O–H groups in total. The van der Waals surface area contributed by atoms with Crippen LogP contribution in [0.25, 0.3) is 109 Å². The van der Waals surface area contributed by atoms with Crippen LogP contribution >= 0.6 is 0 Å². The van der Waals surface area contributed by atoms with Crippen molar-refractivity contribution in [2.24, 2.45) is 0 Å². The summed E-state index contributed by atoms with van der Waals surface area (Å²) >= 11 is 0. The zero-order chi connectivity index (χ0) is 48.5. The van der Waals surface area contributed by atoms with E-state index in [0.29, 0.717) is 0 Å². The lowest BCUT2D eigenvalue weighted by molar-refractivity contribution is 0.794. The fraction of sp³-hybridized carbons (Fsp3) is 0.0137. The third-order valence-electron chi connectivity index (χ3n) is 16.6. The summed E-state index contributed by atoms with van der Waals surface area (Å²) < 4.78 is 0. The Labute approximate surface area is 429 Å². The Kier molecular flexibility index (Phi) is 8.73. The first-order chi connectivity index (χ1) is 36.7. The van der Waals surface area contributed by atoms with Crippen molar-refractivity contribution in [1.29, 1.82) is 0 Å². The van der Waals surface area contributed by atoms with E-state index >= 15 is 0 Å². The third-order valence-corrected chi connectivity index (χ3v) is 16.6. The molecule has 0 fully saturated rings. The van der Waals surface area contributed by atoms with Gasteiger partial charge in [0.25, 0.3) is 0 Å². The number of benzene rings is 14. The zero-order valence-corrected chi connectivity index (χ0v) is 40.4. The minimum absolute atomic E-state index is 0.532. The van der Waals surface area contributed by atoms with Crippen LogP contribution in [0.15, 0.2) is 273 Å². The molecule has 1 heteroatoms. The van der Waals surface area contributed by atoms with Gasteiger partial charge in [0.05, 0.1) is 11.1 Å². The summed E-state index contributed by atoms with van der Waals surface area (Å²) in [5, 5.41) is 15.0. The van der Waals surface area contributed by atoms with Crippen LogP contribution in [0.1, 0.15) is 22.3 Å². The topological polar surface area (TPSA) is 3.24 Å². The minimum Gasteiger partial charge on any atom is -0.310 e. The molecule has 0 heterocycles. The molecule has 2 aliphatic rings. The molecule has 0 aliphatic heterocycles. The second-order valence-electron chi connectivity index (χ2n) is 20.3. The molecule has 0 amide bonds. The highest BCUT2D eigenvalue weighted by Gasteiger charge is 2.52. The quantitative estimate of drug-likeness (QED) is 0.155. The molecule has 74 heavy (non-hydrogen) atoms. The molecule has 0 atom stereocenters. The summed E-state index contributed by atoms with van der Waals surface area (Å²) in [4.78, 5) is 2.57. The smallest absolute Gasteiger partial charge is 0.0726 e. The van der Waals surface area contributed by atoms with Crippen molar-refractivity contribution < 1.29 is 0 Å². The molecular weight excluding hydrogens is 891 g/mol. The second-order valence-corrected chi connectivity index (χ2v) is 20.3. The van der Waals surface area contributed by atoms with Crippen molar-refractivity contribution in [3.8, 4) is 44.5 Å². The Morgan fingerprint density at radius 3 is 1.30 bits per heavy atom. The van der Waals surface area contributed by atoms with Crippen molar-refractivity contribution in [1.82, 2.24) is 0 Å². The Bertz CT molecular complexity index is 4590. The molecule has 0 bridgehead atoms. The van der Waals surface area contributed by atoms with E-state index < -0.39 is 5.41 Å². The summed E-state index contributed by atoms with van der Waals surface area (Å²) in [6, 6.07) is 103. The lowest BCUT2D eigenvalue weighted by Gasteiger charge is -2.33. The summed E-state index contributed by atoms with van der Waals surface area (Å²) in [6.45, 7) is 0. The highest BCUT2D eigenvalue weighted by molar-refractivity contribution is 6.26. The van der Waals surface area contributed by atoms with Gasteiger partial charge in [-0.3, -0.25) is 0 Å². The monoisotopic (exact) mass is 935 g/mol. The summed E-state index contributed by atoms with van der Waals surface area (Å²) in [5.74, 6) is 0. The Morgan fingerprint density at radius 1 is 0.216 bits per heavy atom. The number of fused-ring (bicyclic) bond motifs is 20. The maximum absolute atomic E-state index is 2.58. The molecule has 1 nitrogen and oxygen atoms in total. The predicted octanol–water partition coefficient (Wildman–Crippen LogP) is 19.8. The number of hydrogen-bond donors (Lipinski definition) is 0. The van der Waals surface area contributed by atoms with Gasteiger partial charge in [-0.25, -0.2) is 0 Å². The van der Waals surface area contributed by atoms with Crippen LogP contribution in [0.5, 0.6) is 0 Å². The van der Waals surface area contributed by atoms with E-state index in [4.69, 9.17) is 0 Å². The second kappa shape index (κ2) is 15.7. The fourth-order valence-electron chi connectivity index (χ4n) is 13.3. The number of rotatable bonds is 5. The molecule has 0 saturated heterocycles. The van der Waals surface area contributed by atoms with E-state index in [1.807, 2.05) is 0 Å². The van der Waals surface area contributed by atoms with Crippen molar-refractivity contribution in [2.45, 2.75) is 5.41 Å². The van der Waals surface area contributed by atoms with Gasteiger partial charge in [-0.2, -0.15) is 0 Å². The first kappa shape index (κ1) is 41.1. The van der Waals surface area contributed by atoms with E-state index in [0.717, 1.165) is 22.6 Å². The highest BCUT2D eigenvalue weighted by Crippen LogP contribution is 2.64.